The number of sulfone groups is 1. The van der Waals surface area contributed by atoms with Gasteiger partial charge in [-0.3, -0.25) is 9.69 Å². The van der Waals surface area contributed by atoms with E-state index >= 15 is 0 Å². The molecule has 2 rings (SSSR count). The van der Waals surface area contributed by atoms with Crippen LogP contribution in [0.5, 0.6) is 0 Å². The van der Waals surface area contributed by atoms with E-state index in [1.807, 2.05) is 0 Å². The maximum Gasteiger partial charge on any atom is 0.325 e. The summed E-state index contributed by atoms with van der Waals surface area (Å²) in [5, 5.41) is 3.21. The lowest BCUT2D eigenvalue weighted by Crippen LogP contribution is -2.41. The van der Waals surface area contributed by atoms with E-state index in [0.717, 1.165) is 11.2 Å². The van der Waals surface area contributed by atoms with Crippen LogP contribution in [0.1, 0.15) is 12.5 Å². The SMILES string of the molecule is CC1(c2ccc(Cl)cc2Cl)NC(=O)N(CCS(C)(=O)=O)C1=O. The molecule has 0 aromatic heterocycles. The number of nitrogens with one attached hydrogen (secondary N) is 1. The molecule has 1 saturated heterocycles. The van der Waals surface area contributed by atoms with E-state index in [-0.39, 0.29) is 17.3 Å². The van der Waals surface area contributed by atoms with Crippen molar-refractivity contribution >= 4 is 45.0 Å². The van der Waals surface area contributed by atoms with Crippen LogP contribution in [0.25, 0.3) is 0 Å². The van der Waals surface area contributed by atoms with Gasteiger partial charge in [0.2, 0.25) is 0 Å². The van der Waals surface area contributed by atoms with Gasteiger partial charge >= 0.3 is 6.03 Å². The predicted octanol–water partition coefficient (Wildman–Crippen LogP) is 1.80. The molecular formula is C13H14Cl2N2O4S. The molecule has 1 aliphatic heterocycles. The van der Waals surface area contributed by atoms with Crippen LogP contribution in [-0.2, 0) is 20.2 Å². The summed E-state index contributed by atoms with van der Waals surface area (Å²) in [6, 6.07) is 3.94. The van der Waals surface area contributed by atoms with Gasteiger partial charge in [-0.15, -0.1) is 0 Å². The normalized spacial score (nSPS) is 22.1. The molecule has 1 unspecified atom stereocenters. The molecule has 1 fully saturated rings. The average Bonchev–Trinajstić information content (AvgIpc) is 2.57. The number of rotatable bonds is 4. The molecule has 0 aliphatic carbocycles. The highest BCUT2D eigenvalue weighted by Crippen LogP contribution is 2.34. The van der Waals surface area contributed by atoms with Gasteiger partial charge < -0.3 is 5.32 Å². The summed E-state index contributed by atoms with van der Waals surface area (Å²) in [6.45, 7) is 1.31. The van der Waals surface area contributed by atoms with Crippen molar-refractivity contribution in [3.05, 3.63) is 33.8 Å². The first-order valence-electron chi connectivity index (χ1n) is 6.32. The third-order valence-electron chi connectivity index (χ3n) is 3.43. The number of carbonyl (C=O) groups excluding carboxylic acids is 2. The van der Waals surface area contributed by atoms with Crippen LogP contribution in [0.4, 0.5) is 4.79 Å². The zero-order valence-electron chi connectivity index (χ0n) is 11.9. The number of imide groups is 1. The van der Waals surface area contributed by atoms with Gasteiger partial charge in [0, 0.05) is 28.4 Å². The standard InChI is InChI=1S/C13H14Cl2N2O4S/c1-13(9-4-3-8(14)7-10(9)15)11(18)17(12(19)16-13)5-6-22(2,20)21/h3-4,7H,5-6H2,1-2H3,(H,16,19). The van der Waals surface area contributed by atoms with Crippen LogP contribution >= 0.6 is 23.2 Å². The summed E-state index contributed by atoms with van der Waals surface area (Å²) in [6.07, 6.45) is 1.04. The fraction of sp³-hybridized carbons (Fsp3) is 0.385. The monoisotopic (exact) mass is 364 g/mol. The van der Waals surface area contributed by atoms with E-state index in [4.69, 9.17) is 23.2 Å². The first kappa shape index (κ1) is 17.1. The number of carbonyl (C=O) groups is 2. The summed E-state index contributed by atoms with van der Waals surface area (Å²) in [5.41, 5.74) is -0.949. The van der Waals surface area contributed by atoms with Gasteiger partial charge in [-0.05, 0) is 19.1 Å². The van der Waals surface area contributed by atoms with Gasteiger partial charge in [-0.2, -0.15) is 0 Å². The van der Waals surface area contributed by atoms with Crippen LogP contribution in [0.15, 0.2) is 18.2 Å². The van der Waals surface area contributed by atoms with Crippen molar-refractivity contribution in [1.82, 2.24) is 10.2 Å². The topological polar surface area (TPSA) is 83.6 Å². The Morgan fingerprint density at radius 1 is 1.27 bits per heavy atom. The quantitative estimate of drug-likeness (QED) is 0.825. The molecule has 0 bridgehead atoms. The van der Waals surface area contributed by atoms with E-state index in [1.54, 1.807) is 12.1 Å². The maximum atomic E-state index is 12.5. The number of benzene rings is 1. The Balaban J connectivity index is 2.33. The molecule has 3 amide bonds. The zero-order valence-corrected chi connectivity index (χ0v) is 14.2. The number of urea groups is 1. The average molecular weight is 365 g/mol. The van der Waals surface area contributed by atoms with Crippen molar-refractivity contribution in [3.8, 4) is 0 Å². The predicted molar refractivity (Wildman–Crippen MR) is 83.8 cm³/mol. The summed E-state index contributed by atoms with van der Waals surface area (Å²) >= 11 is 11.9. The van der Waals surface area contributed by atoms with E-state index < -0.39 is 27.3 Å². The fourth-order valence-electron chi connectivity index (χ4n) is 2.23. The van der Waals surface area contributed by atoms with E-state index in [2.05, 4.69) is 5.32 Å². The molecule has 120 valence electrons. The molecule has 1 aromatic rings. The Labute approximate surface area is 138 Å². The van der Waals surface area contributed by atoms with E-state index in [0.29, 0.717) is 10.6 Å². The van der Waals surface area contributed by atoms with Gasteiger partial charge in [0.05, 0.1) is 5.75 Å². The lowest BCUT2D eigenvalue weighted by molar-refractivity contribution is -0.130. The summed E-state index contributed by atoms with van der Waals surface area (Å²) in [4.78, 5) is 25.4. The first-order valence-corrected chi connectivity index (χ1v) is 9.13. The molecular weight excluding hydrogens is 351 g/mol. The van der Waals surface area contributed by atoms with Crippen LogP contribution in [0.3, 0.4) is 0 Å². The molecule has 1 N–H and O–H groups in total. The highest BCUT2D eigenvalue weighted by Gasteiger charge is 2.49. The Morgan fingerprint density at radius 2 is 1.91 bits per heavy atom. The maximum absolute atomic E-state index is 12.5. The second kappa shape index (κ2) is 5.72. The van der Waals surface area contributed by atoms with Gasteiger partial charge in [-0.25, -0.2) is 13.2 Å². The number of hydrogen-bond acceptors (Lipinski definition) is 4. The second-order valence-electron chi connectivity index (χ2n) is 5.27. The van der Waals surface area contributed by atoms with E-state index in [1.165, 1.54) is 13.0 Å². The molecule has 0 radical (unpaired) electrons. The van der Waals surface area contributed by atoms with E-state index in [9.17, 15) is 18.0 Å². The zero-order chi connectivity index (χ0) is 16.7. The van der Waals surface area contributed by atoms with Gasteiger partial charge in [-0.1, -0.05) is 29.3 Å². The van der Waals surface area contributed by atoms with Crippen molar-refractivity contribution in [1.29, 1.82) is 0 Å². The first-order chi connectivity index (χ1) is 10.0. The minimum Gasteiger partial charge on any atom is -0.319 e. The largest absolute Gasteiger partial charge is 0.325 e. The summed E-state index contributed by atoms with van der Waals surface area (Å²) in [7, 11) is -3.29. The van der Waals surface area contributed by atoms with Crippen LogP contribution in [0.2, 0.25) is 10.0 Å². The molecule has 22 heavy (non-hydrogen) atoms. The molecule has 1 aromatic carbocycles. The molecule has 0 spiro atoms. The highest BCUT2D eigenvalue weighted by atomic mass is 35.5. The molecule has 1 heterocycles. The number of nitrogens with zero attached hydrogens (tertiary/aromatic N) is 1. The molecule has 1 atom stereocenters. The second-order valence-corrected chi connectivity index (χ2v) is 8.37. The molecule has 0 saturated carbocycles. The van der Waals surface area contributed by atoms with Gasteiger partial charge in [0.25, 0.3) is 5.91 Å². The van der Waals surface area contributed by atoms with Crippen molar-refractivity contribution in [3.63, 3.8) is 0 Å². The molecule has 9 heteroatoms. The molecule has 6 nitrogen and oxygen atoms in total. The number of amides is 3. The Bertz CT molecular complexity index is 750. The number of halogens is 2. The van der Waals surface area contributed by atoms with Gasteiger partial charge in [0.1, 0.15) is 15.4 Å². The van der Waals surface area contributed by atoms with Crippen LogP contribution < -0.4 is 5.32 Å². The minimum absolute atomic E-state index is 0.204. The van der Waals surface area contributed by atoms with Crippen molar-refractivity contribution in [2.75, 3.05) is 18.6 Å². The summed E-state index contributed by atoms with van der Waals surface area (Å²) < 4.78 is 22.4. The van der Waals surface area contributed by atoms with Crippen LogP contribution in [-0.4, -0.2) is 43.8 Å². The third kappa shape index (κ3) is 3.21. The lowest BCUT2D eigenvalue weighted by Gasteiger charge is -2.23. The third-order valence-corrected chi connectivity index (χ3v) is 4.90. The molecule has 1 aliphatic rings. The van der Waals surface area contributed by atoms with Crippen molar-refractivity contribution < 1.29 is 18.0 Å². The van der Waals surface area contributed by atoms with Gasteiger partial charge in [0.15, 0.2) is 0 Å². The lowest BCUT2D eigenvalue weighted by atomic mass is 9.92. The highest BCUT2D eigenvalue weighted by molar-refractivity contribution is 7.90. The number of hydrogen-bond donors (Lipinski definition) is 1. The minimum atomic E-state index is -3.29. The Kier molecular flexibility index (Phi) is 4.43. The van der Waals surface area contributed by atoms with Crippen molar-refractivity contribution in [2.24, 2.45) is 0 Å². The summed E-state index contributed by atoms with van der Waals surface area (Å²) in [5.74, 6) is -0.846. The fourth-order valence-corrected chi connectivity index (χ4v) is 3.35. The van der Waals surface area contributed by atoms with Crippen LogP contribution in [0, 0.1) is 0 Å². The smallest absolute Gasteiger partial charge is 0.319 e. The Morgan fingerprint density at radius 3 is 2.45 bits per heavy atom. The van der Waals surface area contributed by atoms with Crippen molar-refractivity contribution in [2.45, 2.75) is 12.5 Å². The Hall–Kier alpha value is -1.31.